The summed E-state index contributed by atoms with van der Waals surface area (Å²) in [5.41, 5.74) is 0. The van der Waals surface area contributed by atoms with E-state index >= 15 is 0 Å². The SMILES string of the molecule is O=S(=O)(OC(C(F)(F)F)C(F)(F)S(=O)(=O)[O-])C1CC2CCC1C2. The predicted octanol–water partition coefficient (Wildman–Crippen LogP) is 1.59. The number of rotatable bonds is 5. The highest BCUT2D eigenvalue weighted by Crippen LogP contribution is 2.49. The summed E-state index contributed by atoms with van der Waals surface area (Å²) in [4.78, 5) is 0. The van der Waals surface area contributed by atoms with E-state index in [9.17, 15) is 43.3 Å². The topological polar surface area (TPSA) is 101 Å². The van der Waals surface area contributed by atoms with Gasteiger partial charge >= 0.3 is 11.4 Å². The van der Waals surface area contributed by atoms with Crippen LogP contribution >= 0.6 is 0 Å². The van der Waals surface area contributed by atoms with Crippen molar-refractivity contribution >= 4 is 20.2 Å². The number of alkyl halides is 5. The predicted molar refractivity (Wildman–Crippen MR) is 63.7 cm³/mol. The molecule has 0 amide bonds. The quantitative estimate of drug-likeness (QED) is 0.403. The Hall–Kier alpha value is -0.530. The summed E-state index contributed by atoms with van der Waals surface area (Å²) in [6.45, 7) is 0. The summed E-state index contributed by atoms with van der Waals surface area (Å²) >= 11 is 0. The van der Waals surface area contributed by atoms with E-state index in [1.807, 2.05) is 0 Å². The monoisotopic (exact) mass is 387 g/mol. The molecule has 0 aromatic rings. The van der Waals surface area contributed by atoms with Gasteiger partial charge in [0.15, 0.2) is 10.1 Å². The number of hydrogen-bond donors (Lipinski definition) is 0. The smallest absolute Gasteiger partial charge is 0.423 e. The van der Waals surface area contributed by atoms with E-state index in [2.05, 4.69) is 4.18 Å². The van der Waals surface area contributed by atoms with Crippen molar-refractivity contribution in [3.05, 3.63) is 0 Å². The highest BCUT2D eigenvalue weighted by atomic mass is 32.2. The normalized spacial score (nSPS) is 30.6. The van der Waals surface area contributed by atoms with Crippen molar-refractivity contribution in [2.24, 2.45) is 11.8 Å². The minimum atomic E-state index is -6.78. The lowest BCUT2D eigenvalue weighted by Gasteiger charge is -2.31. The van der Waals surface area contributed by atoms with Crippen LogP contribution in [-0.2, 0) is 24.4 Å². The van der Waals surface area contributed by atoms with Crippen LogP contribution in [0.25, 0.3) is 0 Å². The Labute approximate surface area is 128 Å². The van der Waals surface area contributed by atoms with Crippen LogP contribution in [0.2, 0.25) is 0 Å². The minimum Gasteiger partial charge on any atom is -0.743 e. The summed E-state index contributed by atoms with van der Waals surface area (Å²) in [6.07, 6.45) is -9.14. The molecule has 0 aliphatic heterocycles. The van der Waals surface area contributed by atoms with Crippen molar-refractivity contribution in [2.75, 3.05) is 0 Å². The lowest BCUT2D eigenvalue weighted by atomic mass is 10.0. The molecule has 2 aliphatic carbocycles. The highest BCUT2D eigenvalue weighted by Gasteiger charge is 2.64. The van der Waals surface area contributed by atoms with E-state index in [0.29, 0.717) is 19.3 Å². The zero-order valence-electron chi connectivity index (χ0n) is 11.3. The van der Waals surface area contributed by atoms with Crippen LogP contribution in [0, 0.1) is 11.8 Å². The first-order valence-electron chi connectivity index (χ1n) is 6.48. The Morgan fingerprint density at radius 2 is 1.57 bits per heavy atom. The van der Waals surface area contributed by atoms with Crippen molar-refractivity contribution in [3.8, 4) is 0 Å². The van der Waals surface area contributed by atoms with Gasteiger partial charge in [0, 0.05) is 0 Å². The number of fused-ring (bicyclic) bond motifs is 2. The molecule has 0 spiro atoms. The maximum atomic E-state index is 13.3. The summed E-state index contributed by atoms with van der Waals surface area (Å²) in [5, 5.41) is -7.37. The number of hydrogen-bond acceptors (Lipinski definition) is 6. The molecule has 0 saturated heterocycles. The Balaban J connectivity index is 2.32. The van der Waals surface area contributed by atoms with Crippen LogP contribution < -0.4 is 0 Å². The van der Waals surface area contributed by atoms with Gasteiger partial charge in [-0.25, -0.2) is 12.6 Å². The van der Waals surface area contributed by atoms with Crippen LogP contribution in [0.1, 0.15) is 25.7 Å². The molecular weight excluding hydrogens is 375 g/mol. The van der Waals surface area contributed by atoms with Crippen LogP contribution in [0.5, 0.6) is 0 Å². The first-order valence-corrected chi connectivity index (χ1v) is 9.36. The second-order valence-electron chi connectivity index (χ2n) is 5.74. The Kier molecular flexibility index (Phi) is 4.49. The standard InChI is InChI=1S/C10H13F5O6S2/c11-9(12,13)8(10(14,15)23(18,19)20)21-22(16,17)7-4-5-1-2-6(7)3-5/h5-8H,1-4H2,(H,18,19,20)/p-1. The lowest BCUT2D eigenvalue weighted by Crippen LogP contribution is -2.53. The summed E-state index contributed by atoms with van der Waals surface area (Å²) in [7, 11) is -11.9. The molecule has 6 nitrogen and oxygen atoms in total. The molecule has 0 aromatic carbocycles. The third-order valence-electron chi connectivity index (χ3n) is 4.21. The van der Waals surface area contributed by atoms with Crippen LogP contribution in [-0.4, -0.2) is 44.2 Å². The van der Waals surface area contributed by atoms with E-state index in [1.54, 1.807) is 0 Å². The summed E-state index contributed by atoms with van der Waals surface area (Å²) in [6, 6.07) is 0. The van der Waals surface area contributed by atoms with Gasteiger partial charge in [-0.3, -0.25) is 0 Å². The fourth-order valence-electron chi connectivity index (χ4n) is 3.18. The first kappa shape index (κ1) is 18.8. The van der Waals surface area contributed by atoms with E-state index in [-0.39, 0.29) is 12.3 Å². The largest absolute Gasteiger partial charge is 0.743 e. The fourth-order valence-corrected chi connectivity index (χ4v) is 5.55. The first-order chi connectivity index (χ1) is 10.2. The third-order valence-corrected chi connectivity index (χ3v) is 6.87. The fraction of sp³-hybridized carbons (Fsp3) is 1.00. The molecule has 2 saturated carbocycles. The average molecular weight is 387 g/mol. The van der Waals surface area contributed by atoms with E-state index < -0.39 is 48.9 Å². The van der Waals surface area contributed by atoms with E-state index in [1.165, 1.54) is 0 Å². The van der Waals surface area contributed by atoms with Gasteiger partial charge in [0.1, 0.15) is 0 Å². The molecule has 136 valence electrons. The van der Waals surface area contributed by atoms with Gasteiger partial charge in [0.05, 0.1) is 5.25 Å². The van der Waals surface area contributed by atoms with Gasteiger partial charge in [-0.1, -0.05) is 6.42 Å². The second-order valence-corrected chi connectivity index (χ2v) is 8.98. The van der Waals surface area contributed by atoms with E-state index in [4.69, 9.17) is 0 Å². The third kappa shape index (κ3) is 3.46. The Morgan fingerprint density at radius 1 is 1.00 bits per heavy atom. The summed E-state index contributed by atoms with van der Waals surface area (Å²) in [5.74, 6) is -0.562. The minimum absolute atomic E-state index is 0.0345. The highest BCUT2D eigenvalue weighted by molar-refractivity contribution is 7.88. The maximum Gasteiger partial charge on any atom is 0.423 e. The van der Waals surface area contributed by atoms with Crippen LogP contribution in [0.4, 0.5) is 22.0 Å². The molecule has 2 aliphatic rings. The maximum absolute atomic E-state index is 13.3. The van der Waals surface area contributed by atoms with E-state index in [0.717, 1.165) is 0 Å². The molecule has 0 heterocycles. The van der Waals surface area contributed by atoms with Crippen molar-refractivity contribution in [1.29, 1.82) is 0 Å². The molecule has 23 heavy (non-hydrogen) atoms. The van der Waals surface area contributed by atoms with Gasteiger partial charge < -0.3 is 4.55 Å². The van der Waals surface area contributed by atoms with Crippen molar-refractivity contribution in [1.82, 2.24) is 0 Å². The Bertz CT molecular complexity index is 670. The molecule has 2 bridgehead atoms. The summed E-state index contributed by atoms with van der Waals surface area (Å²) < 4.78 is 123. The molecule has 0 N–H and O–H groups in total. The Morgan fingerprint density at radius 3 is 1.91 bits per heavy atom. The zero-order chi connectivity index (χ0) is 17.8. The van der Waals surface area contributed by atoms with Gasteiger partial charge in [-0.05, 0) is 31.1 Å². The second kappa shape index (κ2) is 5.49. The molecular formula is C10H12F5O6S2-. The van der Waals surface area contributed by atoms with Gasteiger partial charge in [0.2, 0.25) is 6.10 Å². The molecule has 0 radical (unpaired) electrons. The zero-order valence-corrected chi connectivity index (χ0v) is 12.9. The average Bonchev–Trinajstić information content (AvgIpc) is 2.95. The molecule has 13 heteroatoms. The van der Waals surface area contributed by atoms with Crippen LogP contribution in [0.3, 0.4) is 0 Å². The molecule has 2 rings (SSSR count). The molecule has 4 unspecified atom stereocenters. The van der Waals surface area contributed by atoms with Crippen molar-refractivity contribution < 1.29 is 47.5 Å². The van der Waals surface area contributed by atoms with Gasteiger partial charge in [-0.15, -0.1) is 0 Å². The van der Waals surface area contributed by atoms with Crippen LogP contribution in [0.15, 0.2) is 0 Å². The molecule has 4 atom stereocenters. The lowest BCUT2D eigenvalue weighted by molar-refractivity contribution is -0.238. The molecule has 2 fully saturated rings. The van der Waals surface area contributed by atoms with Crippen molar-refractivity contribution in [3.63, 3.8) is 0 Å². The van der Waals surface area contributed by atoms with Gasteiger partial charge in [0.25, 0.3) is 10.1 Å². The van der Waals surface area contributed by atoms with Gasteiger partial charge in [-0.2, -0.15) is 30.4 Å². The van der Waals surface area contributed by atoms with Crippen molar-refractivity contribution in [2.45, 2.75) is 48.5 Å². The molecule has 0 aromatic heterocycles. The number of halogens is 5.